The van der Waals surface area contributed by atoms with Gasteiger partial charge in [-0.1, -0.05) is 0 Å². The van der Waals surface area contributed by atoms with Gasteiger partial charge in [-0.05, 0) is 31.3 Å². The summed E-state index contributed by atoms with van der Waals surface area (Å²) in [5, 5.41) is 3.37. The average Bonchev–Trinajstić information content (AvgIpc) is 2.59. The lowest BCUT2D eigenvalue weighted by Crippen LogP contribution is -2.30. The highest BCUT2D eigenvalue weighted by Gasteiger charge is 2.33. The fourth-order valence-corrected chi connectivity index (χ4v) is 2.51. The SMILES string of the molecule is C[C@@H]1NC(=S)N(c2ccc3c(c2)OCCCO3)C1=O. The number of benzene rings is 1. The van der Waals surface area contributed by atoms with Gasteiger partial charge in [-0.2, -0.15) is 0 Å². The third kappa shape index (κ3) is 2.12. The number of hydrogen-bond donors (Lipinski definition) is 1. The van der Waals surface area contributed by atoms with Crippen molar-refractivity contribution in [2.75, 3.05) is 18.1 Å². The van der Waals surface area contributed by atoms with Gasteiger partial charge in [0.1, 0.15) is 6.04 Å². The third-order valence-corrected chi connectivity index (χ3v) is 3.42. The van der Waals surface area contributed by atoms with E-state index in [1.807, 2.05) is 12.1 Å². The average molecular weight is 278 g/mol. The summed E-state index contributed by atoms with van der Waals surface area (Å²) in [6.45, 7) is 3.05. The van der Waals surface area contributed by atoms with Crippen molar-refractivity contribution in [1.82, 2.24) is 5.32 Å². The molecule has 5 nitrogen and oxygen atoms in total. The summed E-state index contributed by atoms with van der Waals surface area (Å²) in [6, 6.07) is 5.14. The van der Waals surface area contributed by atoms with E-state index >= 15 is 0 Å². The predicted molar refractivity (Wildman–Crippen MR) is 74.7 cm³/mol. The van der Waals surface area contributed by atoms with E-state index in [4.69, 9.17) is 21.7 Å². The Morgan fingerprint density at radius 1 is 1.32 bits per heavy atom. The van der Waals surface area contributed by atoms with E-state index in [-0.39, 0.29) is 11.9 Å². The molecule has 1 amide bonds. The van der Waals surface area contributed by atoms with Crippen molar-refractivity contribution in [2.24, 2.45) is 0 Å². The first-order chi connectivity index (χ1) is 9.16. The van der Waals surface area contributed by atoms with Gasteiger partial charge in [-0.3, -0.25) is 9.69 Å². The maximum Gasteiger partial charge on any atom is 0.255 e. The zero-order chi connectivity index (χ0) is 13.4. The summed E-state index contributed by atoms with van der Waals surface area (Å²) in [5.41, 5.74) is 0.705. The van der Waals surface area contributed by atoms with E-state index in [1.165, 1.54) is 4.90 Å². The molecule has 2 heterocycles. The first-order valence-electron chi connectivity index (χ1n) is 6.21. The molecule has 1 aromatic rings. The predicted octanol–water partition coefficient (Wildman–Crippen LogP) is 1.46. The summed E-state index contributed by atoms with van der Waals surface area (Å²) in [4.78, 5) is 13.6. The summed E-state index contributed by atoms with van der Waals surface area (Å²) in [5.74, 6) is 1.31. The smallest absolute Gasteiger partial charge is 0.255 e. The Balaban J connectivity index is 1.96. The Bertz CT molecular complexity index is 547. The third-order valence-electron chi connectivity index (χ3n) is 3.12. The van der Waals surface area contributed by atoms with E-state index in [2.05, 4.69) is 5.32 Å². The van der Waals surface area contributed by atoms with E-state index in [1.54, 1.807) is 13.0 Å². The first kappa shape index (κ1) is 12.2. The quantitative estimate of drug-likeness (QED) is 0.788. The molecule has 19 heavy (non-hydrogen) atoms. The summed E-state index contributed by atoms with van der Waals surface area (Å²) < 4.78 is 11.2. The van der Waals surface area contributed by atoms with Gasteiger partial charge in [-0.25, -0.2) is 0 Å². The number of nitrogens with one attached hydrogen (secondary N) is 1. The second kappa shape index (κ2) is 4.70. The number of anilines is 1. The molecule has 0 bridgehead atoms. The summed E-state index contributed by atoms with van der Waals surface area (Å²) in [6.07, 6.45) is 0.851. The van der Waals surface area contributed by atoms with Crippen molar-refractivity contribution < 1.29 is 14.3 Å². The van der Waals surface area contributed by atoms with Crippen LogP contribution in [0, 0.1) is 0 Å². The van der Waals surface area contributed by atoms with Crippen molar-refractivity contribution in [2.45, 2.75) is 19.4 Å². The lowest BCUT2D eigenvalue weighted by molar-refractivity contribution is -0.117. The van der Waals surface area contributed by atoms with Gasteiger partial charge in [-0.15, -0.1) is 0 Å². The molecule has 100 valence electrons. The Morgan fingerprint density at radius 2 is 2.05 bits per heavy atom. The number of thiocarbonyl (C=S) groups is 1. The molecule has 0 spiro atoms. The topological polar surface area (TPSA) is 50.8 Å². The molecule has 2 aliphatic rings. The molecule has 6 heteroatoms. The van der Waals surface area contributed by atoms with Crippen molar-refractivity contribution in [3.63, 3.8) is 0 Å². The van der Waals surface area contributed by atoms with Crippen LogP contribution in [0.15, 0.2) is 18.2 Å². The normalized spacial score (nSPS) is 22.2. The van der Waals surface area contributed by atoms with E-state index in [0.29, 0.717) is 35.5 Å². The van der Waals surface area contributed by atoms with E-state index in [0.717, 1.165) is 6.42 Å². The standard InChI is InChI=1S/C13H14N2O3S/c1-8-12(16)15(13(19)14-8)9-3-4-10-11(7-9)18-6-2-5-17-10/h3-4,7-8H,2,5-6H2,1H3,(H,14,19)/t8-/m0/s1. The Kier molecular flexibility index (Phi) is 3.02. The molecule has 0 aliphatic carbocycles. The molecule has 0 radical (unpaired) electrons. The van der Waals surface area contributed by atoms with Crippen LogP contribution in [0.4, 0.5) is 5.69 Å². The Labute approximate surface area is 116 Å². The first-order valence-corrected chi connectivity index (χ1v) is 6.62. The van der Waals surface area contributed by atoms with Crippen LogP contribution >= 0.6 is 12.2 Å². The number of carbonyl (C=O) groups is 1. The van der Waals surface area contributed by atoms with Crippen LogP contribution in [0.3, 0.4) is 0 Å². The van der Waals surface area contributed by atoms with Crippen LogP contribution in [-0.2, 0) is 4.79 Å². The number of rotatable bonds is 1. The molecule has 2 aliphatic heterocycles. The molecule has 1 N–H and O–H groups in total. The fraction of sp³-hybridized carbons (Fsp3) is 0.385. The Hall–Kier alpha value is -1.82. The van der Waals surface area contributed by atoms with Crippen LogP contribution in [0.1, 0.15) is 13.3 Å². The number of carbonyl (C=O) groups excluding carboxylic acids is 1. The molecular formula is C13H14N2O3S. The largest absolute Gasteiger partial charge is 0.490 e. The Morgan fingerprint density at radius 3 is 2.74 bits per heavy atom. The van der Waals surface area contributed by atoms with Crippen molar-refractivity contribution in [1.29, 1.82) is 0 Å². The minimum Gasteiger partial charge on any atom is -0.490 e. The van der Waals surface area contributed by atoms with Crippen LogP contribution in [0.2, 0.25) is 0 Å². The van der Waals surface area contributed by atoms with Crippen LogP contribution in [0.5, 0.6) is 11.5 Å². The molecular weight excluding hydrogens is 264 g/mol. The van der Waals surface area contributed by atoms with Gasteiger partial charge >= 0.3 is 0 Å². The van der Waals surface area contributed by atoms with Gasteiger partial charge in [0.2, 0.25) is 0 Å². The molecule has 0 unspecified atom stereocenters. The van der Waals surface area contributed by atoms with Crippen LogP contribution < -0.4 is 19.7 Å². The number of ether oxygens (including phenoxy) is 2. The van der Waals surface area contributed by atoms with Crippen LogP contribution in [-0.4, -0.2) is 30.3 Å². The zero-order valence-corrected chi connectivity index (χ0v) is 11.3. The molecule has 1 atom stereocenters. The van der Waals surface area contributed by atoms with Gasteiger partial charge in [0, 0.05) is 12.5 Å². The minimum atomic E-state index is -0.288. The van der Waals surface area contributed by atoms with Crippen molar-refractivity contribution in [3.8, 4) is 11.5 Å². The van der Waals surface area contributed by atoms with Gasteiger partial charge < -0.3 is 14.8 Å². The maximum absolute atomic E-state index is 12.1. The lowest BCUT2D eigenvalue weighted by Gasteiger charge is -2.16. The highest BCUT2D eigenvalue weighted by atomic mass is 32.1. The van der Waals surface area contributed by atoms with Crippen molar-refractivity contribution in [3.05, 3.63) is 18.2 Å². The zero-order valence-electron chi connectivity index (χ0n) is 10.5. The maximum atomic E-state index is 12.1. The van der Waals surface area contributed by atoms with E-state index in [9.17, 15) is 4.79 Å². The summed E-state index contributed by atoms with van der Waals surface area (Å²) >= 11 is 5.18. The van der Waals surface area contributed by atoms with E-state index < -0.39 is 0 Å². The molecule has 0 aromatic heterocycles. The second-order valence-corrected chi connectivity index (χ2v) is 4.91. The molecule has 3 rings (SSSR count). The van der Waals surface area contributed by atoms with Gasteiger partial charge in [0.15, 0.2) is 16.6 Å². The molecule has 1 aromatic carbocycles. The number of fused-ring (bicyclic) bond motifs is 1. The number of hydrogen-bond acceptors (Lipinski definition) is 4. The minimum absolute atomic E-state index is 0.0560. The lowest BCUT2D eigenvalue weighted by atomic mass is 10.2. The van der Waals surface area contributed by atoms with Gasteiger partial charge in [0.05, 0.1) is 18.9 Å². The second-order valence-electron chi connectivity index (χ2n) is 4.53. The summed E-state index contributed by atoms with van der Waals surface area (Å²) in [7, 11) is 0. The monoisotopic (exact) mass is 278 g/mol. The molecule has 1 fully saturated rings. The fourth-order valence-electron chi connectivity index (χ4n) is 2.14. The highest BCUT2D eigenvalue weighted by Crippen LogP contribution is 2.34. The van der Waals surface area contributed by atoms with Crippen molar-refractivity contribution >= 4 is 28.9 Å². The number of nitrogens with zero attached hydrogens (tertiary/aromatic N) is 1. The number of amides is 1. The molecule has 0 saturated carbocycles. The molecule has 1 saturated heterocycles. The van der Waals surface area contributed by atoms with Gasteiger partial charge in [0.25, 0.3) is 5.91 Å². The highest BCUT2D eigenvalue weighted by molar-refractivity contribution is 7.80. The van der Waals surface area contributed by atoms with Crippen LogP contribution in [0.25, 0.3) is 0 Å².